The lowest BCUT2D eigenvalue weighted by molar-refractivity contribution is -0.0335. The van der Waals surface area contributed by atoms with Crippen molar-refractivity contribution in [3.8, 4) is 12.3 Å². The van der Waals surface area contributed by atoms with E-state index in [9.17, 15) is 15.0 Å². The van der Waals surface area contributed by atoms with Crippen LogP contribution in [0.5, 0.6) is 0 Å². The minimum absolute atomic E-state index is 0.0190. The zero-order chi connectivity index (χ0) is 18.0. The summed E-state index contributed by atoms with van der Waals surface area (Å²) in [6.45, 7) is 0.0577. The fraction of sp³-hybridized carbons (Fsp3) is 0.429. The van der Waals surface area contributed by atoms with Gasteiger partial charge >= 0.3 is 6.03 Å². The summed E-state index contributed by atoms with van der Waals surface area (Å²) >= 11 is 0. The number of carbonyl (C=O) groups excluding carboxylic acids is 1. The van der Waals surface area contributed by atoms with Crippen molar-refractivity contribution in [3.63, 3.8) is 0 Å². The molecular formula is C14H17N7O4. The van der Waals surface area contributed by atoms with Gasteiger partial charge in [-0.25, -0.2) is 19.7 Å². The summed E-state index contributed by atoms with van der Waals surface area (Å²) in [5.74, 6) is 2.46. The Morgan fingerprint density at radius 2 is 2.16 bits per heavy atom. The summed E-state index contributed by atoms with van der Waals surface area (Å²) in [6.07, 6.45) is 3.49. The van der Waals surface area contributed by atoms with Crippen molar-refractivity contribution in [1.82, 2.24) is 30.2 Å². The Morgan fingerprint density at radius 1 is 1.36 bits per heavy atom. The maximum Gasteiger partial charge on any atom is 0.315 e. The van der Waals surface area contributed by atoms with Gasteiger partial charge < -0.3 is 31.3 Å². The first-order chi connectivity index (χ1) is 12.0. The first-order valence-corrected chi connectivity index (χ1v) is 7.42. The molecule has 4 atom stereocenters. The Kier molecular flexibility index (Phi) is 4.66. The molecule has 132 valence electrons. The summed E-state index contributed by atoms with van der Waals surface area (Å²) in [5.41, 5.74) is 6.46. The number of aliphatic hydroxyl groups is 2. The van der Waals surface area contributed by atoms with Crippen LogP contribution < -0.4 is 16.4 Å². The van der Waals surface area contributed by atoms with E-state index in [0.29, 0.717) is 11.2 Å². The number of hydrogen-bond donors (Lipinski definition) is 5. The van der Waals surface area contributed by atoms with Crippen LogP contribution >= 0.6 is 0 Å². The molecule has 3 heterocycles. The second kappa shape index (κ2) is 6.89. The minimum atomic E-state index is -1.24. The van der Waals surface area contributed by atoms with Crippen LogP contribution in [0.15, 0.2) is 12.7 Å². The van der Waals surface area contributed by atoms with Crippen molar-refractivity contribution < 1.29 is 19.7 Å². The molecule has 0 radical (unpaired) electrons. The average molecular weight is 347 g/mol. The zero-order valence-corrected chi connectivity index (χ0v) is 13.0. The van der Waals surface area contributed by atoms with Crippen LogP contribution in [0.2, 0.25) is 0 Å². The third kappa shape index (κ3) is 3.18. The number of nitrogens with zero attached hydrogens (tertiary/aromatic N) is 4. The van der Waals surface area contributed by atoms with Gasteiger partial charge in [-0.05, 0) is 0 Å². The van der Waals surface area contributed by atoms with Crippen LogP contribution in [0.3, 0.4) is 0 Å². The van der Waals surface area contributed by atoms with Gasteiger partial charge in [0.1, 0.15) is 30.2 Å². The number of nitrogen functional groups attached to an aromatic ring is 1. The number of aromatic nitrogens is 4. The third-order valence-corrected chi connectivity index (χ3v) is 3.81. The molecule has 0 aliphatic carbocycles. The predicted octanol–water partition coefficient (Wildman–Crippen LogP) is -2.04. The molecule has 2 amide bonds. The number of aliphatic hydroxyl groups excluding tert-OH is 2. The lowest BCUT2D eigenvalue weighted by Crippen LogP contribution is -2.43. The number of rotatable bonds is 4. The van der Waals surface area contributed by atoms with E-state index in [1.165, 1.54) is 17.2 Å². The van der Waals surface area contributed by atoms with Gasteiger partial charge in [0.15, 0.2) is 17.7 Å². The topological polar surface area (TPSA) is 160 Å². The fourth-order valence-electron chi connectivity index (χ4n) is 2.57. The lowest BCUT2D eigenvalue weighted by atomic mass is 10.1. The van der Waals surface area contributed by atoms with Gasteiger partial charge in [0.2, 0.25) is 0 Å². The molecule has 0 bridgehead atoms. The van der Waals surface area contributed by atoms with Gasteiger partial charge in [0.05, 0.1) is 12.9 Å². The summed E-state index contributed by atoms with van der Waals surface area (Å²) in [4.78, 5) is 23.5. The van der Waals surface area contributed by atoms with E-state index in [0.717, 1.165) is 0 Å². The van der Waals surface area contributed by atoms with Crippen LogP contribution in [0.25, 0.3) is 11.2 Å². The number of hydrogen-bond acceptors (Lipinski definition) is 8. The number of anilines is 1. The number of ether oxygens (including phenoxy) is 1. The van der Waals surface area contributed by atoms with Gasteiger partial charge in [-0.3, -0.25) is 4.57 Å². The number of carbonyl (C=O) groups is 1. The highest BCUT2D eigenvalue weighted by molar-refractivity contribution is 5.81. The van der Waals surface area contributed by atoms with E-state index in [1.54, 1.807) is 0 Å². The molecule has 2 aromatic rings. The molecule has 11 heteroatoms. The van der Waals surface area contributed by atoms with Gasteiger partial charge in [-0.1, -0.05) is 5.92 Å². The highest BCUT2D eigenvalue weighted by Crippen LogP contribution is 2.31. The Bertz CT molecular complexity index is 817. The number of urea groups is 1. The van der Waals surface area contributed by atoms with Crippen LogP contribution in [0.1, 0.15) is 6.23 Å². The number of amides is 2. The third-order valence-electron chi connectivity index (χ3n) is 3.81. The molecule has 1 fully saturated rings. The number of imidazole rings is 1. The van der Waals surface area contributed by atoms with Crippen molar-refractivity contribution >= 4 is 23.0 Å². The van der Waals surface area contributed by atoms with Crippen LogP contribution in [0.4, 0.5) is 10.6 Å². The number of nitrogens with one attached hydrogen (secondary N) is 2. The molecule has 1 aliphatic rings. The van der Waals surface area contributed by atoms with Gasteiger partial charge in [-0.15, -0.1) is 6.42 Å². The average Bonchev–Trinajstić information content (AvgIpc) is 3.15. The highest BCUT2D eigenvalue weighted by Gasteiger charge is 2.44. The van der Waals surface area contributed by atoms with Gasteiger partial charge in [0, 0.05) is 6.54 Å². The quantitative estimate of drug-likeness (QED) is 0.395. The second-order valence-corrected chi connectivity index (χ2v) is 5.40. The molecule has 0 aromatic carbocycles. The maximum absolute atomic E-state index is 11.5. The predicted molar refractivity (Wildman–Crippen MR) is 85.9 cm³/mol. The molecule has 6 N–H and O–H groups in total. The van der Waals surface area contributed by atoms with E-state index >= 15 is 0 Å². The summed E-state index contributed by atoms with van der Waals surface area (Å²) in [6, 6.07) is -0.500. The van der Waals surface area contributed by atoms with Crippen molar-refractivity contribution in [1.29, 1.82) is 0 Å². The van der Waals surface area contributed by atoms with E-state index in [1.807, 2.05) is 0 Å². The minimum Gasteiger partial charge on any atom is -0.387 e. The van der Waals surface area contributed by atoms with Crippen LogP contribution in [-0.2, 0) is 4.74 Å². The van der Waals surface area contributed by atoms with Crippen LogP contribution in [0, 0.1) is 12.3 Å². The first-order valence-electron chi connectivity index (χ1n) is 7.42. The van der Waals surface area contributed by atoms with Crippen molar-refractivity contribution in [2.24, 2.45) is 0 Å². The molecular weight excluding hydrogens is 330 g/mol. The van der Waals surface area contributed by atoms with Gasteiger partial charge in [-0.2, -0.15) is 0 Å². The Hall–Kier alpha value is -2.94. The maximum atomic E-state index is 11.5. The van der Waals surface area contributed by atoms with Gasteiger partial charge in [0.25, 0.3) is 0 Å². The number of fused-ring (bicyclic) bond motifs is 1. The smallest absolute Gasteiger partial charge is 0.315 e. The van der Waals surface area contributed by atoms with E-state index in [-0.39, 0.29) is 18.9 Å². The molecule has 11 nitrogen and oxygen atoms in total. The molecule has 0 unspecified atom stereocenters. The van der Waals surface area contributed by atoms with Crippen molar-refractivity contribution in [3.05, 3.63) is 12.7 Å². The Morgan fingerprint density at radius 3 is 2.92 bits per heavy atom. The fourth-order valence-corrected chi connectivity index (χ4v) is 2.57. The largest absolute Gasteiger partial charge is 0.387 e. The standard InChI is InChI=1S/C14H17N7O4/c1-2-3-16-14(24)17-4-7-9(22)10(23)13(25-7)21-6-20-8-11(15)18-5-19-12(8)21/h1,5-7,9-10,13,22-23H,3-4H2,(H2,15,18,19)(H2,16,17,24)/t7-,9-,10-,13-/m1/s1. The Labute approximate surface area is 142 Å². The first kappa shape index (κ1) is 16.9. The SMILES string of the molecule is C#CCNC(=O)NC[C@H]1O[C@@H](n2cnc3c(N)ncnc32)[C@H](O)[C@@H]1O. The lowest BCUT2D eigenvalue weighted by Gasteiger charge is -2.16. The number of terminal acetylenes is 1. The monoisotopic (exact) mass is 347 g/mol. The second-order valence-electron chi connectivity index (χ2n) is 5.40. The summed E-state index contributed by atoms with van der Waals surface area (Å²) < 4.78 is 7.13. The van der Waals surface area contributed by atoms with E-state index < -0.39 is 30.6 Å². The van der Waals surface area contributed by atoms with Crippen LogP contribution in [-0.4, -0.2) is 67.2 Å². The number of nitrogens with two attached hydrogens (primary N) is 1. The van der Waals surface area contributed by atoms with E-state index in [2.05, 4.69) is 31.5 Å². The summed E-state index contributed by atoms with van der Waals surface area (Å²) in [7, 11) is 0. The Balaban J connectivity index is 1.72. The molecule has 2 aromatic heterocycles. The van der Waals surface area contributed by atoms with E-state index in [4.69, 9.17) is 16.9 Å². The molecule has 1 aliphatic heterocycles. The molecule has 25 heavy (non-hydrogen) atoms. The molecule has 3 rings (SSSR count). The highest BCUT2D eigenvalue weighted by atomic mass is 16.6. The molecule has 0 saturated carbocycles. The zero-order valence-electron chi connectivity index (χ0n) is 13.0. The molecule has 0 spiro atoms. The van der Waals surface area contributed by atoms with Crippen molar-refractivity contribution in [2.75, 3.05) is 18.8 Å². The normalized spacial score (nSPS) is 25.6. The van der Waals surface area contributed by atoms with Crippen molar-refractivity contribution in [2.45, 2.75) is 24.5 Å². The summed E-state index contributed by atoms with van der Waals surface area (Å²) in [5, 5.41) is 25.4. The molecule has 1 saturated heterocycles.